The Bertz CT molecular complexity index is 763. The lowest BCUT2D eigenvalue weighted by molar-refractivity contribution is 1.06. The van der Waals surface area contributed by atoms with E-state index in [1.54, 1.807) is 0 Å². The number of aromatic nitrogens is 2. The molecule has 0 aliphatic rings. The lowest BCUT2D eigenvalue weighted by Gasteiger charge is -2.10. The Balaban J connectivity index is 2.37. The summed E-state index contributed by atoms with van der Waals surface area (Å²) in [5.41, 5.74) is 10.3. The standard InChI is InChI=1S/C16H15N3/c1-10-7-8-11(2)14(9-10)15-12-5-3-4-6-13(12)16(17)19-18-15/h3-9H,1-2H3,(H2,17,19). The molecule has 94 valence electrons. The van der Waals surface area contributed by atoms with Gasteiger partial charge in [0.15, 0.2) is 5.82 Å². The van der Waals surface area contributed by atoms with Crippen molar-refractivity contribution in [3.63, 3.8) is 0 Å². The van der Waals surface area contributed by atoms with Crippen molar-refractivity contribution in [1.29, 1.82) is 0 Å². The Morgan fingerprint density at radius 3 is 2.42 bits per heavy atom. The topological polar surface area (TPSA) is 51.8 Å². The number of fused-ring (bicyclic) bond motifs is 1. The van der Waals surface area contributed by atoms with Crippen LogP contribution in [0.4, 0.5) is 5.82 Å². The van der Waals surface area contributed by atoms with Crippen LogP contribution >= 0.6 is 0 Å². The van der Waals surface area contributed by atoms with Gasteiger partial charge in [-0.1, -0.05) is 42.0 Å². The van der Waals surface area contributed by atoms with E-state index in [2.05, 4.69) is 42.2 Å². The first-order valence-corrected chi connectivity index (χ1v) is 6.25. The number of hydrogen-bond donors (Lipinski definition) is 1. The van der Waals surface area contributed by atoms with Gasteiger partial charge in [-0.3, -0.25) is 0 Å². The highest BCUT2D eigenvalue weighted by Gasteiger charge is 2.11. The molecule has 0 aliphatic carbocycles. The molecule has 3 aromatic rings. The van der Waals surface area contributed by atoms with Crippen molar-refractivity contribution >= 4 is 16.6 Å². The third kappa shape index (κ3) is 1.93. The van der Waals surface area contributed by atoms with Gasteiger partial charge in [0, 0.05) is 16.3 Å². The van der Waals surface area contributed by atoms with Gasteiger partial charge in [-0.15, -0.1) is 10.2 Å². The van der Waals surface area contributed by atoms with Crippen molar-refractivity contribution in [2.45, 2.75) is 13.8 Å². The highest BCUT2D eigenvalue weighted by atomic mass is 15.1. The van der Waals surface area contributed by atoms with E-state index in [9.17, 15) is 0 Å². The van der Waals surface area contributed by atoms with Crippen molar-refractivity contribution < 1.29 is 0 Å². The summed E-state index contributed by atoms with van der Waals surface area (Å²) in [5, 5.41) is 10.4. The Morgan fingerprint density at radius 1 is 0.895 bits per heavy atom. The van der Waals surface area contributed by atoms with Crippen LogP contribution < -0.4 is 5.73 Å². The van der Waals surface area contributed by atoms with Crippen LogP contribution in [0.1, 0.15) is 11.1 Å². The summed E-state index contributed by atoms with van der Waals surface area (Å²) in [6, 6.07) is 14.3. The summed E-state index contributed by atoms with van der Waals surface area (Å²) in [4.78, 5) is 0. The Kier molecular flexibility index (Phi) is 2.67. The molecule has 3 nitrogen and oxygen atoms in total. The first-order chi connectivity index (χ1) is 9.16. The summed E-state index contributed by atoms with van der Waals surface area (Å²) in [6.45, 7) is 4.16. The number of nitrogens with two attached hydrogens (primary N) is 1. The van der Waals surface area contributed by atoms with Crippen molar-refractivity contribution in [2.75, 3.05) is 5.73 Å². The van der Waals surface area contributed by atoms with E-state index in [1.165, 1.54) is 11.1 Å². The maximum Gasteiger partial charge on any atom is 0.154 e. The quantitative estimate of drug-likeness (QED) is 0.718. The van der Waals surface area contributed by atoms with Gasteiger partial charge in [0.05, 0.1) is 0 Å². The molecular weight excluding hydrogens is 234 g/mol. The van der Waals surface area contributed by atoms with Crippen LogP contribution in [0.5, 0.6) is 0 Å². The van der Waals surface area contributed by atoms with E-state index in [-0.39, 0.29) is 0 Å². The van der Waals surface area contributed by atoms with E-state index in [0.717, 1.165) is 22.0 Å². The van der Waals surface area contributed by atoms with Crippen LogP contribution in [0.2, 0.25) is 0 Å². The summed E-state index contributed by atoms with van der Waals surface area (Å²) >= 11 is 0. The zero-order chi connectivity index (χ0) is 13.4. The first-order valence-electron chi connectivity index (χ1n) is 6.25. The fraction of sp³-hybridized carbons (Fsp3) is 0.125. The molecule has 0 radical (unpaired) electrons. The Labute approximate surface area is 112 Å². The molecule has 3 heteroatoms. The van der Waals surface area contributed by atoms with Gasteiger partial charge < -0.3 is 5.73 Å². The van der Waals surface area contributed by atoms with Crippen LogP contribution in [0.15, 0.2) is 42.5 Å². The molecule has 2 N–H and O–H groups in total. The second-order valence-electron chi connectivity index (χ2n) is 4.80. The van der Waals surface area contributed by atoms with Crippen LogP contribution in [0, 0.1) is 13.8 Å². The molecule has 0 saturated heterocycles. The Hall–Kier alpha value is -2.42. The van der Waals surface area contributed by atoms with E-state index >= 15 is 0 Å². The summed E-state index contributed by atoms with van der Waals surface area (Å²) in [5.74, 6) is 0.477. The van der Waals surface area contributed by atoms with Gasteiger partial charge in [-0.05, 0) is 25.5 Å². The van der Waals surface area contributed by atoms with Crippen LogP contribution in [-0.4, -0.2) is 10.2 Å². The SMILES string of the molecule is Cc1ccc(C)c(-c2nnc(N)c3ccccc23)c1. The minimum atomic E-state index is 0.477. The highest BCUT2D eigenvalue weighted by Crippen LogP contribution is 2.30. The minimum Gasteiger partial charge on any atom is -0.382 e. The average molecular weight is 249 g/mol. The monoisotopic (exact) mass is 249 g/mol. The third-order valence-corrected chi connectivity index (χ3v) is 3.36. The van der Waals surface area contributed by atoms with Crippen molar-refractivity contribution in [1.82, 2.24) is 10.2 Å². The minimum absolute atomic E-state index is 0.477. The maximum atomic E-state index is 5.90. The zero-order valence-corrected chi connectivity index (χ0v) is 11.0. The number of anilines is 1. The number of nitrogen functional groups attached to an aromatic ring is 1. The molecule has 3 rings (SSSR count). The van der Waals surface area contributed by atoms with Gasteiger partial charge in [0.25, 0.3) is 0 Å². The highest BCUT2D eigenvalue weighted by molar-refractivity contribution is 5.99. The average Bonchev–Trinajstić information content (AvgIpc) is 2.43. The first kappa shape index (κ1) is 11.7. The zero-order valence-electron chi connectivity index (χ0n) is 11.0. The van der Waals surface area contributed by atoms with Crippen molar-refractivity contribution in [3.05, 3.63) is 53.6 Å². The van der Waals surface area contributed by atoms with Crippen LogP contribution in [0.25, 0.3) is 22.0 Å². The van der Waals surface area contributed by atoms with Gasteiger partial charge in [0.1, 0.15) is 5.69 Å². The van der Waals surface area contributed by atoms with E-state index < -0.39 is 0 Å². The number of aryl methyl sites for hydroxylation is 2. The molecule has 19 heavy (non-hydrogen) atoms. The van der Waals surface area contributed by atoms with Crippen LogP contribution in [0.3, 0.4) is 0 Å². The Morgan fingerprint density at radius 2 is 1.63 bits per heavy atom. The van der Waals surface area contributed by atoms with E-state index in [0.29, 0.717) is 5.82 Å². The molecule has 1 heterocycles. The van der Waals surface area contributed by atoms with E-state index in [4.69, 9.17) is 5.73 Å². The molecule has 0 aliphatic heterocycles. The van der Waals surface area contributed by atoms with Crippen LogP contribution in [-0.2, 0) is 0 Å². The molecule has 0 unspecified atom stereocenters. The summed E-state index contributed by atoms with van der Waals surface area (Å²) in [6.07, 6.45) is 0. The molecule has 0 saturated carbocycles. The van der Waals surface area contributed by atoms with Crippen molar-refractivity contribution in [2.24, 2.45) is 0 Å². The van der Waals surface area contributed by atoms with Gasteiger partial charge in [-0.2, -0.15) is 0 Å². The fourth-order valence-electron chi connectivity index (χ4n) is 2.31. The predicted octanol–water partition coefficient (Wildman–Crippen LogP) is 3.50. The molecule has 0 fully saturated rings. The second-order valence-corrected chi connectivity index (χ2v) is 4.80. The largest absolute Gasteiger partial charge is 0.382 e. The third-order valence-electron chi connectivity index (χ3n) is 3.36. The summed E-state index contributed by atoms with van der Waals surface area (Å²) < 4.78 is 0. The normalized spacial score (nSPS) is 10.8. The van der Waals surface area contributed by atoms with Gasteiger partial charge in [-0.25, -0.2) is 0 Å². The number of rotatable bonds is 1. The second kappa shape index (κ2) is 4.35. The van der Waals surface area contributed by atoms with Gasteiger partial charge in [0.2, 0.25) is 0 Å². The smallest absolute Gasteiger partial charge is 0.154 e. The lowest BCUT2D eigenvalue weighted by Crippen LogP contribution is -1.98. The fourth-order valence-corrected chi connectivity index (χ4v) is 2.31. The molecule has 0 atom stereocenters. The lowest BCUT2D eigenvalue weighted by atomic mass is 9.99. The number of nitrogens with zero attached hydrogens (tertiary/aromatic N) is 2. The van der Waals surface area contributed by atoms with E-state index in [1.807, 2.05) is 24.3 Å². The summed E-state index contributed by atoms with van der Waals surface area (Å²) in [7, 11) is 0. The number of hydrogen-bond acceptors (Lipinski definition) is 3. The predicted molar refractivity (Wildman–Crippen MR) is 78.9 cm³/mol. The molecule has 1 aromatic heterocycles. The molecular formula is C16H15N3. The molecule has 0 amide bonds. The van der Waals surface area contributed by atoms with Gasteiger partial charge >= 0.3 is 0 Å². The molecule has 2 aromatic carbocycles. The molecule has 0 bridgehead atoms. The van der Waals surface area contributed by atoms with Crippen molar-refractivity contribution in [3.8, 4) is 11.3 Å². The maximum absolute atomic E-state index is 5.90. The molecule has 0 spiro atoms. The number of benzene rings is 2.